The van der Waals surface area contributed by atoms with Gasteiger partial charge in [-0.05, 0) is 35.8 Å². The van der Waals surface area contributed by atoms with Gasteiger partial charge in [0.15, 0.2) is 0 Å². The van der Waals surface area contributed by atoms with Gasteiger partial charge in [0.05, 0.1) is 23.8 Å². The number of hydrogen-bond acceptors (Lipinski definition) is 5. The molecular formula is C25H27ClF3N5O3. The van der Waals surface area contributed by atoms with Crippen molar-refractivity contribution in [3.63, 3.8) is 0 Å². The molecule has 198 valence electrons. The number of likely N-dealkylation sites (tertiary alicyclic amines) is 1. The maximum atomic E-state index is 13.1. The highest BCUT2D eigenvalue weighted by atomic mass is 35.5. The summed E-state index contributed by atoms with van der Waals surface area (Å²) in [5.74, 6) is -0.174. The Hall–Kier alpha value is -3.31. The first-order valence-electron chi connectivity index (χ1n) is 11.8. The van der Waals surface area contributed by atoms with E-state index in [1.54, 1.807) is 17.3 Å². The molecule has 2 aromatic rings. The van der Waals surface area contributed by atoms with Gasteiger partial charge in [0, 0.05) is 51.1 Å². The Kier molecular flexibility index (Phi) is 7.93. The molecule has 1 aromatic carbocycles. The highest BCUT2D eigenvalue weighted by Crippen LogP contribution is 2.29. The van der Waals surface area contributed by atoms with E-state index in [-0.39, 0.29) is 41.9 Å². The van der Waals surface area contributed by atoms with Gasteiger partial charge in [-0.3, -0.25) is 14.9 Å². The van der Waals surface area contributed by atoms with E-state index in [9.17, 15) is 22.8 Å². The third-order valence-corrected chi connectivity index (χ3v) is 6.84. The Morgan fingerprint density at radius 2 is 1.95 bits per heavy atom. The van der Waals surface area contributed by atoms with Crippen molar-refractivity contribution in [2.75, 3.05) is 26.2 Å². The van der Waals surface area contributed by atoms with Gasteiger partial charge < -0.3 is 19.5 Å². The van der Waals surface area contributed by atoms with Crippen LogP contribution >= 0.6 is 12.4 Å². The minimum atomic E-state index is -4.74. The van der Waals surface area contributed by atoms with Gasteiger partial charge in [-0.25, -0.2) is 4.98 Å². The molecule has 0 radical (unpaired) electrons. The molecule has 3 aliphatic rings. The molecule has 37 heavy (non-hydrogen) atoms. The van der Waals surface area contributed by atoms with Gasteiger partial charge in [0.2, 0.25) is 11.8 Å². The number of aromatic nitrogens is 2. The molecule has 2 amide bonds. The molecular weight excluding hydrogens is 511 g/mol. The number of alkyl halides is 3. The number of aromatic amines is 1. The van der Waals surface area contributed by atoms with Crippen molar-refractivity contribution in [1.29, 1.82) is 0 Å². The molecule has 4 heterocycles. The van der Waals surface area contributed by atoms with Crippen LogP contribution in [0.25, 0.3) is 6.08 Å². The molecule has 1 saturated heterocycles. The van der Waals surface area contributed by atoms with E-state index >= 15 is 0 Å². The maximum Gasteiger partial charge on any atom is 0.573 e. The van der Waals surface area contributed by atoms with E-state index in [2.05, 4.69) is 20.0 Å². The summed E-state index contributed by atoms with van der Waals surface area (Å²) in [6.45, 7) is 2.82. The molecule has 2 N–H and O–H groups in total. The Labute approximate surface area is 218 Å². The van der Waals surface area contributed by atoms with E-state index < -0.39 is 6.36 Å². The number of nitrogens with one attached hydrogen (secondary N) is 2. The van der Waals surface area contributed by atoms with Crippen molar-refractivity contribution in [2.24, 2.45) is 5.92 Å². The normalized spacial score (nSPS) is 21.5. The number of rotatable bonds is 4. The number of imidazole rings is 1. The van der Waals surface area contributed by atoms with Crippen molar-refractivity contribution in [1.82, 2.24) is 25.1 Å². The SMILES string of the molecule is Cl.O=C(C=Cc1ccc(OC(F)(F)F)cc1)N1CC=C2CN(C(=O)C3Cc4nc[nH]c4CN3)C[C@H]2CC1. The third-order valence-electron chi connectivity index (χ3n) is 6.84. The number of benzene rings is 1. The first-order chi connectivity index (χ1) is 17.2. The van der Waals surface area contributed by atoms with Gasteiger partial charge in [0.1, 0.15) is 5.75 Å². The zero-order valence-corrected chi connectivity index (χ0v) is 20.6. The van der Waals surface area contributed by atoms with Crippen LogP contribution in [-0.4, -0.2) is 70.2 Å². The predicted molar refractivity (Wildman–Crippen MR) is 132 cm³/mol. The van der Waals surface area contributed by atoms with E-state index in [0.717, 1.165) is 17.8 Å². The maximum absolute atomic E-state index is 13.1. The van der Waals surface area contributed by atoms with E-state index in [1.165, 1.54) is 35.9 Å². The summed E-state index contributed by atoms with van der Waals surface area (Å²) in [5, 5.41) is 3.29. The lowest BCUT2D eigenvalue weighted by Gasteiger charge is -2.27. The average Bonchev–Trinajstić information content (AvgIpc) is 3.44. The third kappa shape index (κ3) is 6.34. The fraction of sp³-hybridized carbons (Fsp3) is 0.400. The van der Waals surface area contributed by atoms with Gasteiger partial charge in [0.25, 0.3) is 0 Å². The van der Waals surface area contributed by atoms with Crippen molar-refractivity contribution < 1.29 is 27.5 Å². The molecule has 0 bridgehead atoms. The van der Waals surface area contributed by atoms with Crippen LogP contribution in [-0.2, 0) is 22.6 Å². The Bertz CT molecular complexity index is 1190. The molecule has 3 aliphatic heterocycles. The fourth-order valence-corrected chi connectivity index (χ4v) is 4.92. The number of H-pyrrole nitrogens is 1. The monoisotopic (exact) mass is 537 g/mol. The highest BCUT2D eigenvalue weighted by Gasteiger charge is 2.36. The molecule has 12 heteroatoms. The summed E-state index contributed by atoms with van der Waals surface area (Å²) in [7, 11) is 0. The molecule has 5 rings (SSSR count). The van der Waals surface area contributed by atoms with Gasteiger partial charge in [-0.1, -0.05) is 18.2 Å². The molecule has 1 unspecified atom stereocenters. The number of hydrogen-bond donors (Lipinski definition) is 2. The molecule has 0 spiro atoms. The molecule has 1 aromatic heterocycles. The van der Waals surface area contributed by atoms with Crippen molar-refractivity contribution in [3.05, 3.63) is 65.3 Å². The highest BCUT2D eigenvalue weighted by molar-refractivity contribution is 5.92. The van der Waals surface area contributed by atoms with Crippen molar-refractivity contribution >= 4 is 30.3 Å². The average molecular weight is 538 g/mol. The number of carbonyl (C=O) groups is 2. The lowest BCUT2D eigenvalue weighted by atomic mass is 10.00. The van der Waals surface area contributed by atoms with E-state index in [1.807, 2.05) is 11.0 Å². The van der Waals surface area contributed by atoms with Crippen LogP contribution < -0.4 is 10.1 Å². The Balaban J connectivity index is 0.00000320. The number of ether oxygens (including phenoxy) is 1. The number of fused-ring (bicyclic) bond motifs is 2. The van der Waals surface area contributed by atoms with Crippen LogP contribution in [0.1, 0.15) is 23.4 Å². The smallest absolute Gasteiger partial charge is 0.406 e. The summed E-state index contributed by atoms with van der Waals surface area (Å²) in [5.41, 5.74) is 3.74. The molecule has 1 fully saturated rings. The summed E-state index contributed by atoms with van der Waals surface area (Å²) in [6, 6.07) is 5.05. The zero-order chi connectivity index (χ0) is 25.3. The quantitative estimate of drug-likeness (QED) is 0.462. The van der Waals surface area contributed by atoms with E-state index in [4.69, 9.17) is 0 Å². The van der Waals surface area contributed by atoms with Crippen LogP contribution in [0.2, 0.25) is 0 Å². The first-order valence-corrected chi connectivity index (χ1v) is 11.8. The lowest BCUT2D eigenvalue weighted by Crippen LogP contribution is -2.49. The first kappa shape index (κ1) is 26.7. The van der Waals surface area contributed by atoms with E-state index in [0.29, 0.717) is 44.7 Å². The molecule has 0 aliphatic carbocycles. The number of halogens is 4. The van der Waals surface area contributed by atoms with Crippen LogP contribution in [0.15, 0.2) is 48.3 Å². The number of amides is 2. The molecule has 0 saturated carbocycles. The fourth-order valence-electron chi connectivity index (χ4n) is 4.92. The minimum Gasteiger partial charge on any atom is -0.406 e. The summed E-state index contributed by atoms with van der Waals surface area (Å²) >= 11 is 0. The second kappa shape index (κ2) is 11.0. The second-order valence-electron chi connectivity index (χ2n) is 9.18. The van der Waals surface area contributed by atoms with Crippen molar-refractivity contribution in [3.8, 4) is 5.75 Å². The van der Waals surface area contributed by atoms with Gasteiger partial charge in [-0.2, -0.15) is 0 Å². The Morgan fingerprint density at radius 1 is 1.16 bits per heavy atom. The summed E-state index contributed by atoms with van der Waals surface area (Å²) < 4.78 is 40.7. The topological polar surface area (TPSA) is 90.6 Å². The second-order valence-corrected chi connectivity index (χ2v) is 9.18. The van der Waals surface area contributed by atoms with Gasteiger partial charge in [-0.15, -0.1) is 25.6 Å². The summed E-state index contributed by atoms with van der Waals surface area (Å²) in [4.78, 5) is 36.8. The van der Waals surface area contributed by atoms with Crippen molar-refractivity contribution in [2.45, 2.75) is 31.8 Å². The summed E-state index contributed by atoms with van der Waals surface area (Å²) in [6.07, 6.45) is 3.29. The van der Waals surface area contributed by atoms with Crippen LogP contribution in [0, 0.1) is 5.92 Å². The van der Waals surface area contributed by atoms with Crippen LogP contribution in [0.3, 0.4) is 0 Å². The number of carbonyl (C=O) groups excluding carboxylic acids is 2. The lowest BCUT2D eigenvalue weighted by molar-refractivity contribution is -0.274. The van der Waals surface area contributed by atoms with Crippen LogP contribution in [0.5, 0.6) is 5.75 Å². The van der Waals surface area contributed by atoms with Gasteiger partial charge >= 0.3 is 6.36 Å². The molecule has 2 atom stereocenters. The minimum absolute atomic E-state index is 0. The predicted octanol–water partition coefficient (Wildman–Crippen LogP) is 3.07. The Morgan fingerprint density at radius 3 is 2.70 bits per heavy atom. The zero-order valence-electron chi connectivity index (χ0n) is 19.8. The largest absolute Gasteiger partial charge is 0.573 e. The molecule has 8 nitrogen and oxygen atoms in total. The standard InChI is InChI=1S/C25H26F3N5O3.ClH/c26-25(27,28)36-19-4-1-16(2-5-19)3-6-23(34)32-9-7-17-13-33(14-18(17)8-10-32)24(35)21-11-20-22(12-29-21)31-15-30-20;/h1-7,15,18,21,29H,8-14H2,(H,30,31);1H/t18-,21?;/m1./s1. The van der Waals surface area contributed by atoms with Crippen LogP contribution in [0.4, 0.5) is 13.2 Å². The number of nitrogens with zero attached hydrogens (tertiary/aromatic N) is 3.